The van der Waals surface area contributed by atoms with Crippen molar-refractivity contribution in [3.05, 3.63) is 172 Å². The smallest absolute Gasteiger partial charge is 0.0907 e. The molecule has 384 valence electrons. The van der Waals surface area contributed by atoms with Crippen molar-refractivity contribution in [2.45, 2.75) is 189 Å². The SMILES string of the molecule is CC(C)c1cccc(C(C)C)c1-c1cc(-c2cccc(-c3cc(-c4c(C(C)C)cccc4C(C)C)cc(-c4c(C(C)C)cccc4C(C)C)c3)c2SS(=O)C(C)(C)C)cc(-c2c(C(C)C)cccc2C(C)C)c1. The fourth-order valence-electron chi connectivity index (χ4n) is 11.0. The summed E-state index contributed by atoms with van der Waals surface area (Å²) in [6, 6.07) is 49.3. The van der Waals surface area contributed by atoms with Gasteiger partial charge in [0, 0.05) is 9.64 Å². The van der Waals surface area contributed by atoms with Crippen molar-refractivity contribution in [2.75, 3.05) is 0 Å². The maximum Gasteiger partial charge on any atom is 0.0907 e. The zero-order valence-corrected chi connectivity index (χ0v) is 49.6. The second-order valence-electron chi connectivity index (χ2n) is 24.2. The predicted octanol–water partition coefficient (Wildman–Crippen LogP) is 22.2. The van der Waals surface area contributed by atoms with E-state index in [9.17, 15) is 4.21 Å². The number of hydrogen-bond acceptors (Lipinski definition) is 2. The first-order valence-corrected chi connectivity index (χ1v) is 30.0. The van der Waals surface area contributed by atoms with Gasteiger partial charge in [0.25, 0.3) is 0 Å². The molecule has 7 aromatic carbocycles. The Morgan fingerprint density at radius 1 is 0.315 bits per heavy atom. The van der Waals surface area contributed by atoms with Gasteiger partial charge >= 0.3 is 0 Å². The van der Waals surface area contributed by atoms with Crippen molar-refractivity contribution in [2.24, 2.45) is 0 Å². The highest BCUT2D eigenvalue weighted by Gasteiger charge is 2.28. The average molecular weight is 1010 g/mol. The molecular weight excluding hydrogens is 921 g/mol. The van der Waals surface area contributed by atoms with Gasteiger partial charge in [0.1, 0.15) is 0 Å². The molecular formula is C70H86OS2. The van der Waals surface area contributed by atoms with E-state index >= 15 is 0 Å². The Hall–Kier alpha value is -4.96. The molecule has 0 radical (unpaired) electrons. The van der Waals surface area contributed by atoms with E-state index in [4.69, 9.17) is 0 Å². The molecule has 0 heterocycles. The van der Waals surface area contributed by atoms with Crippen LogP contribution < -0.4 is 0 Å². The summed E-state index contributed by atoms with van der Waals surface area (Å²) in [7, 11) is 0.253. The summed E-state index contributed by atoms with van der Waals surface area (Å²) in [6.45, 7) is 43.6. The summed E-state index contributed by atoms with van der Waals surface area (Å²) in [5.74, 6) is 2.62. The standard InChI is InChI=1S/C70H86OS2/c1-41(2)55-25-20-26-56(42(3)4)65(55)51-35-49(36-52(39-51)66-57(43(5)6)27-21-28-58(66)44(7)8)63-33-24-34-64(69(63)72-73(71)70(17,18)19)50-37-53(67-59(45(9)10)29-22-30-60(67)46(11)12)40-54(38-50)68-61(47(13)14)31-23-32-62(68)48(15)16/h20-48H,1-19H3. The van der Waals surface area contributed by atoms with Crippen molar-refractivity contribution in [3.8, 4) is 66.8 Å². The van der Waals surface area contributed by atoms with E-state index in [1.807, 2.05) is 0 Å². The van der Waals surface area contributed by atoms with Gasteiger partial charge in [0.2, 0.25) is 0 Å². The van der Waals surface area contributed by atoms with E-state index in [1.165, 1.54) is 99.8 Å². The Morgan fingerprint density at radius 2 is 0.507 bits per heavy atom. The molecule has 1 atom stereocenters. The largest absolute Gasteiger partial charge is 0.247 e. The summed E-state index contributed by atoms with van der Waals surface area (Å²) in [5, 5.41) is 0. The van der Waals surface area contributed by atoms with Crippen LogP contribution in [0, 0.1) is 0 Å². The third-order valence-electron chi connectivity index (χ3n) is 14.8. The monoisotopic (exact) mass is 1010 g/mol. The minimum Gasteiger partial charge on any atom is -0.247 e. The van der Waals surface area contributed by atoms with Crippen LogP contribution in [0.3, 0.4) is 0 Å². The Bertz CT molecular complexity index is 2650. The third kappa shape index (κ3) is 11.8. The average Bonchev–Trinajstić information content (AvgIpc) is 3.34. The number of benzene rings is 7. The molecule has 0 aliphatic rings. The molecule has 0 bridgehead atoms. The Kier molecular flexibility index (Phi) is 17.5. The molecule has 0 saturated carbocycles. The normalized spacial score (nSPS) is 12.8. The van der Waals surface area contributed by atoms with Crippen LogP contribution in [-0.4, -0.2) is 8.96 Å². The van der Waals surface area contributed by atoms with Crippen molar-refractivity contribution < 1.29 is 4.21 Å². The first-order valence-electron chi connectivity index (χ1n) is 27.5. The van der Waals surface area contributed by atoms with Crippen molar-refractivity contribution >= 4 is 20.6 Å². The van der Waals surface area contributed by atoms with Crippen molar-refractivity contribution in [3.63, 3.8) is 0 Å². The van der Waals surface area contributed by atoms with E-state index in [0.29, 0.717) is 47.3 Å². The molecule has 7 aromatic rings. The maximum absolute atomic E-state index is 15.0. The molecule has 3 heteroatoms. The Labute approximate surface area is 449 Å². The van der Waals surface area contributed by atoms with Gasteiger partial charge in [0.15, 0.2) is 0 Å². The summed E-state index contributed by atoms with van der Waals surface area (Å²) in [4.78, 5) is 1.05. The summed E-state index contributed by atoms with van der Waals surface area (Å²) in [5.41, 5.74) is 25.6. The van der Waals surface area contributed by atoms with Crippen molar-refractivity contribution in [1.82, 2.24) is 0 Å². The first-order chi connectivity index (χ1) is 34.4. The van der Waals surface area contributed by atoms with Crippen LogP contribution in [0.1, 0.15) is 223 Å². The fraction of sp³-hybridized carbons (Fsp3) is 0.400. The minimum absolute atomic E-state index is 0.328. The first kappa shape index (κ1) is 55.8. The van der Waals surface area contributed by atoms with Crippen LogP contribution in [0.2, 0.25) is 0 Å². The highest BCUT2D eigenvalue weighted by atomic mass is 33.1. The van der Waals surface area contributed by atoms with Crippen LogP contribution in [-0.2, 0) is 9.83 Å². The molecule has 0 saturated heterocycles. The Balaban J connectivity index is 1.68. The zero-order valence-electron chi connectivity index (χ0n) is 48.0. The van der Waals surface area contributed by atoms with Gasteiger partial charge in [-0.15, -0.1) is 0 Å². The lowest BCUT2D eigenvalue weighted by atomic mass is 9.80. The number of rotatable bonds is 16. The lowest BCUT2D eigenvalue weighted by Gasteiger charge is -2.26. The van der Waals surface area contributed by atoms with Crippen LogP contribution in [0.4, 0.5) is 0 Å². The van der Waals surface area contributed by atoms with Crippen LogP contribution in [0.5, 0.6) is 0 Å². The van der Waals surface area contributed by atoms with Crippen LogP contribution in [0.15, 0.2) is 132 Å². The van der Waals surface area contributed by atoms with Gasteiger partial charge in [0.05, 0.1) is 9.83 Å². The van der Waals surface area contributed by atoms with E-state index in [0.717, 1.165) is 27.1 Å². The van der Waals surface area contributed by atoms with Gasteiger partial charge in [-0.2, -0.15) is 0 Å². The van der Waals surface area contributed by atoms with E-state index in [2.05, 4.69) is 259 Å². The molecule has 73 heavy (non-hydrogen) atoms. The molecule has 0 aliphatic carbocycles. The molecule has 0 fully saturated rings. The lowest BCUT2D eigenvalue weighted by molar-refractivity contribution is 0.661. The highest BCUT2D eigenvalue weighted by molar-refractivity contribution is 8.69. The molecule has 0 amide bonds. The minimum atomic E-state index is -1.28. The second kappa shape index (κ2) is 22.9. The van der Waals surface area contributed by atoms with Gasteiger partial charge < -0.3 is 0 Å². The van der Waals surface area contributed by atoms with E-state index < -0.39 is 14.6 Å². The summed E-state index contributed by atoms with van der Waals surface area (Å²) >= 11 is 0. The van der Waals surface area contributed by atoms with Gasteiger partial charge in [-0.05, 0) is 227 Å². The molecule has 7 rings (SSSR count). The molecule has 1 nitrogen and oxygen atoms in total. The quantitative estimate of drug-likeness (QED) is 0.0898. The van der Waals surface area contributed by atoms with Gasteiger partial charge in [-0.25, -0.2) is 4.21 Å². The topological polar surface area (TPSA) is 17.1 Å². The lowest BCUT2D eigenvalue weighted by Crippen LogP contribution is -2.18. The molecule has 0 spiro atoms. The molecule has 0 aromatic heterocycles. The summed E-state index contributed by atoms with van der Waals surface area (Å²) in [6.07, 6.45) is 0. The van der Waals surface area contributed by atoms with E-state index in [1.54, 1.807) is 0 Å². The third-order valence-corrected chi connectivity index (χ3v) is 19.0. The summed E-state index contributed by atoms with van der Waals surface area (Å²) < 4.78 is 14.5. The highest BCUT2D eigenvalue weighted by Crippen LogP contribution is 2.50. The maximum atomic E-state index is 15.0. The predicted molar refractivity (Wildman–Crippen MR) is 326 cm³/mol. The van der Waals surface area contributed by atoms with Crippen LogP contribution >= 0.6 is 10.8 Å². The molecule has 0 N–H and O–H groups in total. The second-order valence-corrected chi connectivity index (χ2v) is 27.9. The fourth-order valence-corrected chi connectivity index (χ4v) is 13.7. The number of hydrogen-bond donors (Lipinski definition) is 0. The molecule has 1 unspecified atom stereocenters. The van der Waals surface area contributed by atoms with E-state index in [-0.39, 0.29) is 0 Å². The zero-order chi connectivity index (χ0) is 53.4. The van der Waals surface area contributed by atoms with Gasteiger partial charge in [-0.3, -0.25) is 0 Å². The van der Waals surface area contributed by atoms with Crippen molar-refractivity contribution in [1.29, 1.82) is 0 Å². The van der Waals surface area contributed by atoms with Crippen LogP contribution in [0.25, 0.3) is 66.8 Å². The Morgan fingerprint density at radius 3 is 0.699 bits per heavy atom. The molecule has 0 aliphatic heterocycles. The van der Waals surface area contributed by atoms with Gasteiger partial charge in [-0.1, -0.05) is 202 Å².